The predicted molar refractivity (Wildman–Crippen MR) is 144 cm³/mol. The molecule has 3 nitrogen and oxygen atoms in total. The Bertz CT molecular complexity index is 1360. The summed E-state index contributed by atoms with van der Waals surface area (Å²) in [7, 11) is 0. The number of aryl methyl sites for hydroxylation is 1. The molecule has 0 atom stereocenters. The van der Waals surface area contributed by atoms with Gasteiger partial charge in [0.25, 0.3) is 0 Å². The highest BCUT2D eigenvalue weighted by molar-refractivity contribution is 5.84. The van der Waals surface area contributed by atoms with Crippen LogP contribution in [-0.2, 0) is 0 Å². The maximum Gasteiger partial charge on any atom is 0.0912 e. The van der Waals surface area contributed by atoms with Crippen LogP contribution in [0.3, 0.4) is 0 Å². The van der Waals surface area contributed by atoms with Crippen LogP contribution >= 0.6 is 0 Å². The van der Waals surface area contributed by atoms with Crippen LogP contribution in [0.5, 0.6) is 0 Å². The number of rotatable bonds is 4. The number of aromatic amines is 1. The second kappa shape index (κ2) is 10.3. The molecule has 0 aliphatic heterocycles. The van der Waals surface area contributed by atoms with Gasteiger partial charge in [-0.05, 0) is 79.7 Å². The average Bonchev–Trinajstić information content (AvgIpc) is 3.23. The Hall–Kier alpha value is -3.98. The Kier molecular flexibility index (Phi) is 7.03. The number of aromatic nitrogens is 3. The SMILES string of the molecule is C=C1C=CC(c2cn[nH]c2-c2cccc(C)n2)=CC/C1=C/C(=C\C)/C1=C/C=C(C)\C=C\C=C1C. The van der Waals surface area contributed by atoms with E-state index in [0.29, 0.717) is 0 Å². The number of allylic oxidation sites excluding steroid dienone is 17. The lowest BCUT2D eigenvalue weighted by molar-refractivity contribution is 1.08. The molecule has 0 amide bonds. The van der Waals surface area contributed by atoms with Crippen molar-refractivity contribution in [2.75, 3.05) is 0 Å². The Balaban J connectivity index is 1.67. The molecule has 0 saturated carbocycles. The molecule has 2 aromatic heterocycles. The van der Waals surface area contributed by atoms with Crippen molar-refractivity contribution in [3.63, 3.8) is 0 Å². The van der Waals surface area contributed by atoms with E-state index in [1.807, 2.05) is 31.3 Å². The molecule has 4 rings (SSSR count). The maximum atomic E-state index is 4.67. The third kappa shape index (κ3) is 5.15. The summed E-state index contributed by atoms with van der Waals surface area (Å²) in [5, 5.41) is 7.45. The van der Waals surface area contributed by atoms with Gasteiger partial charge in [-0.1, -0.05) is 79.0 Å². The van der Waals surface area contributed by atoms with Gasteiger partial charge in [0.15, 0.2) is 0 Å². The molecule has 2 aliphatic carbocycles. The molecule has 1 N–H and O–H groups in total. The lowest BCUT2D eigenvalue weighted by atomic mass is 9.92. The van der Waals surface area contributed by atoms with Crippen LogP contribution in [0, 0.1) is 6.92 Å². The predicted octanol–water partition coefficient (Wildman–Crippen LogP) is 7.94. The number of pyridine rings is 1. The minimum atomic E-state index is 0.787. The molecule has 0 bridgehead atoms. The van der Waals surface area contributed by atoms with Crippen molar-refractivity contribution in [1.29, 1.82) is 0 Å². The fourth-order valence-corrected chi connectivity index (χ4v) is 4.11. The summed E-state index contributed by atoms with van der Waals surface area (Å²) < 4.78 is 0. The largest absolute Gasteiger partial charge is 0.276 e. The first kappa shape index (κ1) is 23.2. The summed E-state index contributed by atoms with van der Waals surface area (Å²) in [4.78, 5) is 4.67. The molecule has 34 heavy (non-hydrogen) atoms. The van der Waals surface area contributed by atoms with Gasteiger partial charge in [-0.25, -0.2) is 0 Å². The van der Waals surface area contributed by atoms with Crippen molar-refractivity contribution in [2.24, 2.45) is 0 Å². The average molecular weight is 446 g/mol. The van der Waals surface area contributed by atoms with Crippen molar-refractivity contribution < 1.29 is 0 Å². The monoisotopic (exact) mass is 445 g/mol. The summed E-state index contributed by atoms with van der Waals surface area (Å²) in [5.41, 5.74) is 12.1. The number of hydrogen-bond acceptors (Lipinski definition) is 2. The Morgan fingerprint density at radius 1 is 1.06 bits per heavy atom. The highest BCUT2D eigenvalue weighted by Gasteiger charge is 2.15. The molecule has 2 aromatic rings. The van der Waals surface area contributed by atoms with Crippen molar-refractivity contribution in [3.05, 3.63) is 136 Å². The number of nitrogens with one attached hydrogen (secondary N) is 1. The molecule has 2 heterocycles. The molecule has 0 aromatic carbocycles. The standard InChI is InChI=1S/C31H31N3/c1-6-25(28-18-13-21(2)9-7-10-23(28)4)19-27-17-16-26(15-14-22(27)3)29-20-32-34-31(29)30-12-8-11-24(5)33-30/h6-16,18-20H,3,17H2,1-2,4-5H3,(H,32,34)/b9-7+,10-7?,18-13?,21-9?,21-13-,23-10?,25-6+,27-19-,28-18+,28-23?. The molecular formula is C31H31N3. The minimum absolute atomic E-state index is 0.787. The molecule has 0 fully saturated rings. The number of H-pyrrole nitrogens is 1. The molecule has 0 spiro atoms. The van der Waals surface area contributed by atoms with E-state index in [9.17, 15) is 0 Å². The van der Waals surface area contributed by atoms with Crippen LogP contribution in [-0.4, -0.2) is 15.2 Å². The topological polar surface area (TPSA) is 41.6 Å². The van der Waals surface area contributed by atoms with Crippen molar-refractivity contribution >= 4 is 5.57 Å². The molecule has 0 saturated heterocycles. The zero-order valence-corrected chi connectivity index (χ0v) is 20.4. The highest BCUT2D eigenvalue weighted by atomic mass is 15.1. The van der Waals surface area contributed by atoms with Crippen molar-refractivity contribution in [2.45, 2.75) is 34.1 Å². The first-order chi connectivity index (χ1) is 16.5. The van der Waals surface area contributed by atoms with Crippen LogP contribution in [0.15, 0.2) is 125 Å². The van der Waals surface area contributed by atoms with Crippen LogP contribution < -0.4 is 0 Å². The number of hydrogen-bond donors (Lipinski definition) is 1. The molecule has 170 valence electrons. The Morgan fingerprint density at radius 3 is 2.71 bits per heavy atom. The first-order valence-corrected chi connectivity index (χ1v) is 11.6. The maximum absolute atomic E-state index is 4.67. The third-order valence-corrected chi connectivity index (χ3v) is 6.11. The first-order valence-electron chi connectivity index (χ1n) is 11.6. The Morgan fingerprint density at radius 2 is 1.91 bits per heavy atom. The van der Waals surface area contributed by atoms with E-state index in [1.54, 1.807) is 0 Å². The third-order valence-electron chi connectivity index (χ3n) is 6.11. The van der Waals surface area contributed by atoms with Crippen LogP contribution in [0.1, 0.15) is 38.4 Å². The van der Waals surface area contributed by atoms with E-state index in [2.05, 4.69) is 103 Å². The minimum Gasteiger partial charge on any atom is -0.276 e. The zero-order valence-electron chi connectivity index (χ0n) is 20.4. The molecule has 0 unspecified atom stereocenters. The van der Waals surface area contributed by atoms with E-state index in [1.165, 1.54) is 27.9 Å². The van der Waals surface area contributed by atoms with Gasteiger partial charge in [0.2, 0.25) is 0 Å². The summed E-state index contributed by atoms with van der Waals surface area (Å²) >= 11 is 0. The van der Waals surface area contributed by atoms with Gasteiger partial charge < -0.3 is 0 Å². The quantitative estimate of drug-likeness (QED) is 0.519. The Labute approximate surface area is 202 Å². The van der Waals surface area contributed by atoms with Crippen LogP contribution in [0.2, 0.25) is 0 Å². The van der Waals surface area contributed by atoms with Gasteiger partial charge in [0.05, 0.1) is 17.6 Å². The van der Waals surface area contributed by atoms with Crippen LogP contribution in [0.4, 0.5) is 0 Å². The van der Waals surface area contributed by atoms with E-state index in [0.717, 1.165) is 40.2 Å². The lowest BCUT2D eigenvalue weighted by Gasteiger charge is -2.13. The van der Waals surface area contributed by atoms with Gasteiger partial charge >= 0.3 is 0 Å². The van der Waals surface area contributed by atoms with Gasteiger partial charge in [-0.15, -0.1) is 0 Å². The van der Waals surface area contributed by atoms with Gasteiger partial charge in [-0.2, -0.15) is 5.10 Å². The normalized spacial score (nSPS) is 22.1. The van der Waals surface area contributed by atoms with E-state index in [4.69, 9.17) is 0 Å². The zero-order chi connectivity index (χ0) is 24.1. The lowest BCUT2D eigenvalue weighted by Crippen LogP contribution is -1.94. The molecule has 3 heteroatoms. The van der Waals surface area contributed by atoms with Crippen LogP contribution in [0.25, 0.3) is 17.0 Å². The van der Waals surface area contributed by atoms with E-state index < -0.39 is 0 Å². The van der Waals surface area contributed by atoms with E-state index in [-0.39, 0.29) is 0 Å². The smallest absolute Gasteiger partial charge is 0.0912 e. The van der Waals surface area contributed by atoms with Gasteiger partial charge in [0.1, 0.15) is 0 Å². The summed E-state index contributed by atoms with van der Waals surface area (Å²) in [6.07, 6.45) is 24.4. The highest BCUT2D eigenvalue weighted by Crippen LogP contribution is 2.32. The van der Waals surface area contributed by atoms with Crippen molar-refractivity contribution in [1.82, 2.24) is 15.2 Å². The molecule has 2 aliphatic rings. The van der Waals surface area contributed by atoms with Gasteiger partial charge in [-0.3, -0.25) is 10.1 Å². The second-order valence-corrected chi connectivity index (χ2v) is 8.66. The second-order valence-electron chi connectivity index (χ2n) is 8.66. The summed E-state index contributed by atoms with van der Waals surface area (Å²) in [6.45, 7) is 12.7. The van der Waals surface area contributed by atoms with E-state index >= 15 is 0 Å². The molecular weight excluding hydrogens is 414 g/mol. The molecule has 0 radical (unpaired) electrons. The summed E-state index contributed by atoms with van der Waals surface area (Å²) in [6, 6.07) is 6.03. The van der Waals surface area contributed by atoms with Gasteiger partial charge in [0, 0.05) is 11.3 Å². The number of nitrogens with zero attached hydrogens (tertiary/aromatic N) is 2. The fraction of sp³-hybridized carbons (Fsp3) is 0.161. The fourth-order valence-electron chi connectivity index (χ4n) is 4.11. The van der Waals surface area contributed by atoms with Crippen molar-refractivity contribution in [3.8, 4) is 11.4 Å². The summed E-state index contributed by atoms with van der Waals surface area (Å²) in [5.74, 6) is 0.